The molecule has 2 aromatic carbocycles. The number of carbonyl (C=O) groups is 4. The lowest BCUT2D eigenvalue weighted by atomic mass is 10.1. The van der Waals surface area contributed by atoms with Crippen LogP contribution in [-0.4, -0.2) is 41.7 Å². The molecule has 0 saturated carbocycles. The number of amides is 3. The largest absolute Gasteiger partial charge is 0.454 e. The molecule has 1 aliphatic rings. The fourth-order valence-corrected chi connectivity index (χ4v) is 3.48. The number of hydrogen-bond donors (Lipinski definition) is 1. The molecule has 0 aromatic heterocycles. The van der Waals surface area contributed by atoms with E-state index >= 15 is 0 Å². The second-order valence-electron chi connectivity index (χ2n) is 7.05. The van der Waals surface area contributed by atoms with Crippen molar-refractivity contribution in [2.45, 2.75) is 26.3 Å². The molecule has 1 atom stereocenters. The predicted octanol–water partition coefficient (Wildman–Crippen LogP) is 3.57. The topological polar surface area (TPSA) is 92.8 Å². The third-order valence-electron chi connectivity index (χ3n) is 4.93. The standard InChI is InChI=1S/C22H20Cl2N2O5/c1-3-13-4-6-14(7-5-13)12(2)25-19(27)11-31-20(28)10-26-21(29)15-8-17(23)18(24)9-16(15)22(26)30/h4-9,12H,3,10-11H2,1-2H3,(H,25,27). The van der Waals surface area contributed by atoms with Gasteiger partial charge in [-0.05, 0) is 36.6 Å². The van der Waals surface area contributed by atoms with Crippen LogP contribution in [0.5, 0.6) is 0 Å². The molecule has 3 amide bonds. The van der Waals surface area contributed by atoms with E-state index in [1.54, 1.807) is 0 Å². The Kier molecular flexibility index (Phi) is 6.97. The average Bonchev–Trinajstić information content (AvgIpc) is 2.97. The van der Waals surface area contributed by atoms with Crippen molar-refractivity contribution >= 4 is 46.9 Å². The molecule has 1 N–H and O–H groups in total. The van der Waals surface area contributed by atoms with Crippen LogP contribution in [0.25, 0.3) is 0 Å². The summed E-state index contributed by atoms with van der Waals surface area (Å²) in [6.45, 7) is 2.72. The van der Waals surface area contributed by atoms with E-state index in [2.05, 4.69) is 12.2 Å². The average molecular weight is 463 g/mol. The summed E-state index contributed by atoms with van der Waals surface area (Å²) in [5, 5.41) is 2.99. The van der Waals surface area contributed by atoms with E-state index < -0.39 is 36.8 Å². The minimum atomic E-state index is -0.887. The van der Waals surface area contributed by atoms with Crippen molar-refractivity contribution < 1.29 is 23.9 Å². The number of imide groups is 1. The number of nitrogens with one attached hydrogen (secondary N) is 1. The van der Waals surface area contributed by atoms with Gasteiger partial charge in [0.15, 0.2) is 6.61 Å². The van der Waals surface area contributed by atoms with Gasteiger partial charge >= 0.3 is 5.97 Å². The summed E-state index contributed by atoms with van der Waals surface area (Å²) in [6, 6.07) is 10.1. The lowest BCUT2D eigenvalue weighted by Crippen LogP contribution is -2.37. The number of nitrogens with zero attached hydrogens (tertiary/aromatic N) is 1. The molecular formula is C22H20Cl2N2O5. The number of esters is 1. The quantitative estimate of drug-likeness (QED) is 0.501. The molecule has 1 unspecified atom stereocenters. The van der Waals surface area contributed by atoms with Gasteiger partial charge in [0.2, 0.25) is 0 Å². The highest BCUT2D eigenvalue weighted by molar-refractivity contribution is 6.43. The Balaban J connectivity index is 1.52. The van der Waals surface area contributed by atoms with Gasteiger partial charge in [0.1, 0.15) is 6.54 Å². The molecule has 7 nitrogen and oxygen atoms in total. The Morgan fingerprint density at radius 1 is 1.03 bits per heavy atom. The minimum absolute atomic E-state index is 0.0628. The van der Waals surface area contributed by atoms with Gasteiger partial charge < -0.3 is 10.1 Å². The van der Waals surface area contributed by atoms with E-state index in [1.807, 2.05) is 31.2 Å². The number of halogens is 2. The summed E-state index contributed by atoms with van der Waals surface area (Å²) in [5.74, 6) is -2.74. The van der Waals surface area contributed by atoms with Gasteiger partial charge in [-0.1, -0.05) is 54.4 Å². The van der Waals surface area contributed by atoms with Crippen LogP contribution in [0.4, 0.5) is 0 Å². The first-order valence-corrected chi connectivity index (χ1v) is 10.4. The van der Waals surface area contributed by atoms with E-state index in [4.69, 9.17) is 27.9 Å². The zero-order valence-electron chi connectivity index (χ0n) is 16.9. The van der Waals surface area contributed by atoms with Crippen molar-refractivity contribution in [2.24, 2.45) is 0 Å². The molecule has 1 aliphatic heterocycles. The Morgan fingerprint density at radius 3 is 2.10 bits per heavy atom. The third kappa shape index (κ3) is 5.06. The van der Waals surface area contributed by atoms with Gasteiger partial charge in [-0.15, -0.1) is 0 Å². The van der Waals surface area contributed by atoms with Crippen LogP contribution in [0.15, 0.2) is 36.4 Å². The highest BCUT2D eigenvalue weighted by Crippen LogP contribution is 2.31. The number of fused-ring (bicyclic) bond motifs is 1. The van der Waals surface area contributed by atoms with Gasteiger partial charge in [0.05, 0.1) is 27.2 Å². The first-order valence-electron chi connectivity index (χ1n) is 9.60. The highest BCUT2D eigenvalue weighted by Gasteiger charge is 2.37. The summed E-state index contributed by atoms with van der Waals surface area (Å²) >= 11 is 11.8. The van der Waals surface area contributed by atoms with Crippen LogP contribution in [-0.2, 0) is 20.7 Å². The molecule has 3 rings (SSSR count). The van der Waals surface area contributed by atoms with Crippen molar-refractivity contribution in [2.75, 3.05) is 13.2 Å². The zero-order valence-corrected chi connectivity index (χ0v) is 18.4. The number of aryl methyl sites for hydroxylation is 1. The maximum Gasteiger partial charge on any atom is 0.326 e. The fourth-order valence-electron chi connectivity index (χ4n) is 3.16. The van der Waals surface area contributed by atoms with Crippen molar-refractivity contribution in [1.29, 1.82) is 0 Å². The van der Waals surface area contributed by atoms with Gasteiger partial charge in [-0.25, -0.2) is 0 Å². The fraction of sp³-hybridized carbons (Fsp3) is 0.273. The maximum atomic E-state index is 12.4. The summed E-state index contributed by atoms with van der Waals surface area (Å²) < 4.78 is 4.93. The molecule has 0 radical (unpaired) electrons. The molecule has 31 heavy (non-hydrogen) atoms. The van der Waals surface area contributed by atoms with Crippen LogP contribution >= 0.6 is 23.2 Å². The number of rotatable bonds is 7. The van der Waals surface area contributed by atoms with E-state index in [1.165, 1.54) is 17.7 Å². The van der Waals surface area contributed by atoms with E-state index in [0.717, 1.165) is 16.9 Å². The molecule has 162 valence electrons. The molecule has 0 bridgehead atoms. The van der Waals surface area contributed by atoms with Crippen LogP contribution in [0, 0.1) is 0 Å². The van der Waals surface area contributed by atoms with Gasteiger partial charge in [0.25, 0.3) is 17.7 Å². The van der Waals surface area contributed by atoms with Crippen molar-refractivity contribution in [1.82, 2.24) is 10.2 Å². The first kappa shape index (κ1) is 22.8. The third-order valence-corrected chi connectivity index (χ3v) is 5.65. The van der Waals surface area contributed by atoms with E-state index in [0.29, 0.717) is 0 Å². The summed E-state index contributed by atoms with van der Waals surface area (Å²) in [4.78, 5) is 49.8. The van der Waals surface area contributed by atoms with Crippen LogP contribution in [0.2, 0.25) is 10.0 Å². The molecule has 0 fully saturated rings. The minimum Gasteiger partial charge on any atom is -0.454 e. The SMILES string of the molecule is CCc1ccc(C(C)NC(=O)COC(=O)CN2C(=O)c3cc(Cl)c(Cl)cc3C2=O)cc1. The first-order chi connectivity index (χ1) is 14.7. The van der Waals surface area contributed by atoms with Crippen molar-refractivity contribution in [3.8, 4) is 0 Å². The Bertz CT molecular complexity index is 1010. The van der Waals surface area contributed by atoms with E-state index in [-0.39, 0.29) is 27.2 Å². The number of benzene rings is 2. The monoisotopic (exact) mass is 462 g/mol. The Labute approximate surface area is 189 Å². The molecule has 1 heterocycles. The lowest BCUT2D eigenvalue weighted by molar-refractivity contribution is -0.148. The Hall–Kier alpha value is -2.90. The van der Waals surface area contributed by atoms with Gasteiger partial charge in [-0.2, -0.15) is 0 Å². The van der Waals surface area contributed by atoms with Crippen LogP contribution < -0.4 is 5.32 Å². The van der Waals surface area contributed by atoms with Crippen molar-refractivity contribution in [3.05, 3.63) is 68.7 Å². The van der Waals surface area contributed by atoms with Gasteiger partial charge in [-0.3, -0.25) is 24.1 Å². The number of ether oxygens (including phenoxy) is 1. The summed E-state index contributed by atoms with van der Waals surface area (Å²) in [5.41, 5.74) is 2.23. The van der Waals surface area contributed by atoms with Crippen LogP contribution in [0.1, 0.15) is 51.7 Å². The van der Waals surface area contributed by atoms with E-state index in [9.17, 15) is 19.2 Å². The predicted molar refractivity (Wildman–Crippen MR) is 115 cm³/mol. The summed E-state index contributed by atoms with van der Waals surface area (Å²) in [7, 11) is 0. The molecule has 0 saturated heterocycles. The normalized spacial score (nSPS) is 13.7. The second-order valence-corrected chi connectivity index (χ2v) is 7.87. The molecule has 0 spiro atoms. The zero-order chi connectivity index (χ0) is 22.7. The highest BCUT2D eigenvalue weighted by atomic mass is 35.5. The molecule has 0 aliphatic carbocycles. The smallest absolute Gasteiger partial charge is 0.326 e. The Morgan fingerprint density at radius 2 is 1.58 bits per heavy atom. The van der Waals surface area contributed by atoms with Crippen molar-refractivity contribution in [3.63, 3.8) is 0 Å². The van der Waals surface area contributed by atoms with Gasteiger partial charge in [0, 0.05) is 0 Å². The maximum absolute atomic E-state index is 12.4. The molecule has 2 aromatic rings. The summed E-state index contributed by atoms with van der Waals surface area (Å²) in [6.07, 6.45) is 0.921. The molecule has 9 heteroatoms. The second kappa shape index (κ2) is 9.49. The van der Waals surface area contributed by atoms with Crippen LogP contribution in [0.3, 0.4) is 0 Å². The lowest BCUT2D eigenvalue weighted by Gasteiger charge is -2.16. The number of carbonyl (C=O) groups excluding carboxylic acids is 4. The number of hydrogen-bond acceptors (Lipinski definition) is 5. The molecular weight excluding hydrogens is 443 g/mol.